The van der Waals surface area contributed by atoms with Gasteiger partial charge in [-0.25, -0.2) is 0 Å². The van der Waals surface area contributed by atoms with E-state index in [0.29, 0.717) is 6.54 Å². The van der Waals surface area contributed by atoms with E-state index >= 15 is 0 Å². The van der Waals surface area contributed by atoms with Crippen LogP contribution >= 0.6 is 22.7 Å². The molecular formula is C19H17N3O2S2. The Hall–Kier alpha value is -2.45. The molecule has 1 N–H and O–H groups in total. The zero-order valence-electron chi connectivity index (χ0n) is 14.7. The molecule has 132 valence electrons. The van der Waals surface area contributed by atoms with E-state index < -0.39 is 5.78 Å². The number of anilines is 1. The maximum atomic E-state index is 11.5. The highest BCUT2D eigenvalue weighted by Crippen LogP contribution is 2.57. The van der Waals surface area contributed by atoms with Crippen molar-refractivity contribution in [1.29, 1.82) is 10.5 Å². The number of rotatable bonds is 5. The van der Waals surface area contributed by atoms with Crippen LogP contribution in [0.3, 0.4) is 0 Å². The number of hydrogen-bond donors (Lipinski definition) is 1. The summed E-state index contributed by atoms with van der Waals surface area (Å²) < 4.78 is 0. The molecule has 7 heteroatoms. The normalized spacial score (nSPS) is 14.3. The predicted octanol–water partition coefficient (Wildman–Crippen LogP) is 3.54. The van der Waals surface area contributed by atoms with Gasteiger partial charge in [-0.1, -0.05) is 13.8 Å². The first kappa shape index (κ1) is 18.3. The number of thiophene rings is 2. The highest BCUT2D eigenvalue weighted by Gasteiger charge is 2.39. The largest absolute Gasteiger partial charge is 0.395 e. The molecule has 0 atom stereocenters. The van der Waals surface area contributed by atoms with Gasteiger partial charge in [0.05, 0.1) is 16.5 Å². The summed E-state index contributed by atoms with van der Waals surface area (Å²) >= 11 is 3.21. The summed E-state index contributed by atoms with van der Waals surface area (Å²) in [6.07, 6.45) is 1.50. The Kier molecular flexibility index (Phi) is 4.72. The zero-order chi connectivity index (χ0) is 19.1. The minimum absolute atomic E-state index is 0.103. The molecule has 1 aliphatic carbocycles. The lowest BCUT2D eigenvalue weighted by atomic mass is 9.84. The molecule has 2 aromatic rings. The fourth-order valence-electron chi connectivity index (χ4n) is 3.07. The summed E-state index contributed by atoms with van der Waals surface area (Å²) in [5, 5.41) is 28.1. The standard InChI is InChI=1S/C19H17N3O2S2/c1-19(2)13-7-12(6-11(9-20)15(24)10-21)25-17(13)18-14(19)8-16(26-18)22(3)4-5-23/h6-8,23H,4-5H2,1-3H3/b11-6+. The van der Waals surface area contributed by atoms with Crippen molar-refractivity contribution < 1.29 is 9.90 Å². The Morgan fingerprint density at radius 1 is 1.23 bits per heavy atom. The lowest BCUT2D eigenvalue weighted by molar-refractivity contribution is -0.110. The van der Waals surface area contributed by atoms with Crippen molar-refractivity contribution >= 4 is 39.5 Å². The van der Waals surface area contributed by atoms with Crippen LogP contribution in [-0.4, -0.2) is 31.1 Å². The Morgan fingerprint density at radius 3 is 2.50 bits per heavy atom. The van der Waals surface area contributed by atoms with Gasteiger partial charge >= 0.3 is 0 Å². The third-order valence-corrected chi connectivity index (χ3v) is 7.08. The molecule has 1 aliphatic rings. The minimum atomic E-state index is -0.815. The van der Waals surface area contributed by atoms with E-state index in [2.05, 4.69) is 19.9 Å². The van der Waals surface area contributed by atoms with Crippen LogP contribution in [0.15, 0.2) is 17.7 Å². The van der Waals surface area contributed by atoms with Crippen LogP contribution in [-0.2, 0) is 10.2 Å². The van der Waals surface area contributed by atoms with Gasteiger partial charge in [-0.05, 0) is 29.3 Å². The second-order valence-corrected chi connectivity index (χ2v) is 8.71. The molecule has 0 aliphatic heterocycles. The first-order valence-electron chi connectivity index (χ1n) is 8.00. The maximum Gasteiger partial charge on any atom is 0.272 e. The number of hydrogen-bond acceptors (Lipinski definition) is 7. The van der Waals surface area contributed by atoms with Crippen molar-refractivity contribution in [3.05, 3.63) is 33.7 Å². The lowest BCUT2D eigenvalue weighted by Crippen LogP contribution is -2.20. The quantitative estimate of drug-likeness (QED) is 0.485. The van der Waals surface area contributed by atoms with Gasteiger partial charge in [0.2, 0.25) is 0 Å². The number of ketones is 1. The number of carbonyl (C=O) groups is 1. The van der Waals surface area contributed by atoms with Gasteiger partial charge in [-0.15, -0.1) is 22.7 Å². The number of allylic oxidation sites excluding steroid dienone is 1. The Balaban J connectivity index is 2.06. The van der Waals surface area contributed by atoms with Crippen molar-refractivity contribution in [2.24, 2.45) is 0 Å². The molecule has 0 saturated carbocycles. The lowest BCUT2D eigenvalue weighted by Gasteiger charge is -2.20. The van der Waals surface area contributed by atoms with Crippen molar-refractivity contribution in [2.45, 2.75) is 19.3 Å². The van der Waals surface area contributed by atoms with Gasteiger partial charge in [-0.2, -0.15) is 10.5 Å². The van der Waals surface area contributed by atoms with E-state index in [1.165, 1.54) is 39.5 Å². The molecule has 0 aromatic carbocycles. The van der Waals surface area contributed by atoms with E-state index in [1.54, 1.807) is 17.4 Å². The van der Waals surface area contributed by atoms with Crippen molar-refractivity contribution in [2.75, 3.05) is 25.1 Å². The van der Waals surface area contributed by atoms with Gasteiger partial charge in [0.25, 0.3) is 5.78 Å². The maximum absolute atomic E-state index is 11.5. The molecule has 26 heavy (non-hydrogen) atoms. The average molecular weight is 383 g/mol. The van der Waals surface area contributed by atoms with E-state index in [9.17, 15) is 4.79 Å². The molecular weight excluding hydrogens is 366 g/mol. The molecule has 0 bridgehead atoms. The molecule has 0 amide bonds. The monoisotopic (exact) mass is 383 g/mol. The SMILES string of the molecule is CN(CCO)c1cc2c(s1)-c1sc(/C=C(\C#N)C(=O)C#N)cc1C2(C)C. The summed E-state index contributed by atoms with van der Waals surface area (Å²) in [4.78, 5) is 16.7. The van der Waals surface area contributed by atoms with Crippen LogP contribution in [0.1, 0.15) is 29.9 Å². The molecule has 2 aromatic heterocycles. The Morgan fingerprint density at radius 2 is 1.88 bits per heavy atom. The summed E-state index contributed by atoms with van der Waals surface area (Å²) in [5.41, 5.74) is 2.12. The third kappa shape index (κ3) is 2.85. The highest BCUT2D eigenvalue weighted by atomic mass is 32.1. The molecule has 0 unspecified atom stereocenters. The van der Waals surface area contributed by atoms with Crippen LogP contribution in [0.2, 0.25) is 0 Å². The van der Waals surface area contributed by atoms with Crippen LogP contribution in [0, 0.1) is 22.7 Å². The van der Waals surface area contributed by atoms with E-state index in [1.807, 2.05) is 18.0 Å². The molecule has 3 rings (SSSR count). The van der Waals surface area contributed by atoms with Crippen molar-refractivity contribution in [1.82, 2.24) is 0 Å². The number of carbonyl (C=O) groups excluding carboxylic acids is 1. The van der Waals surface area contributed by atoms with Crippen molar-refractivity contribution in [3.63, 3.8) is 0 Å². The fourth-order valence-corrected chi connectivity index (χ4v) is 5.80. The predicted molar refractivity (Wildman–Crippen MR) is 104 cm³/mol. The van der Waals surface area contributed by atoms with Gasteiger partial charge in [0, 0.05) is 28.8 Å². The smallest absolute Gasteiger partial charge is 0.272 e. The first-order valence-corrected chi connectivity index (χ1v) is 9.64. The number of Topliss-reactive ketones (excluding diaryl/α,β-unsaturated/α-hetero) is 1. The van der Waals surface area contributed by atoms with Crippen molar-refractivity contribution in [3.8, 4) is 21.9 Å². The third-order valence-electron chi connectivity index (χ3n) is 4.59. The van der Waals surface area contributed by atoms with E-state index in [0.717, 1.165) is 14.8 Å². The number of likely N-dealkylation sites (N-methyl/N-ethyl adjacent to an activating group) is 1. The summed E-state index contributed by atoms with van der Waals surface area (Å²) in [7, 11) is 1.96. The second kappa shape index (κ2) is 6.69. The number of aliphatic hydroxyl groups excluding tert-OH is 1. The van der Waals surface area contributed by atoms with Crippen LogP contribution in [0.4, 0.5) is 5.00 Å². The Labute approximate surface area is 160 Å². The molecule has 0 spiro atoms. The minimum Gasteiger partial charge on any atom is -0.395 e. The number of fused-ring (bicyclic) bond motifs is 3. The molecule has 2 heterocycles. The van der Waals surface area contributed by atoms with Gasteiger partial charge < -0.3 is 10.0 Å². The van der Waals surface area contributed by atoms with Crippen LogP contribution < -0.4 is 4.90 Å². The van der Waals surface area contributed by atoms with Gasteiger partial charge in [0.1, 0.15) is 17.7 Å². The number of nitrogens with zero attached hydrogens (tertiary/aromatic N) is 3. The van der Waals surface area contributed by atoms with E-state index in [4.69, 9.17) is 15.6 Å². The summed E-state index contributed by atoms with van der Waals surface area (Å²) in [6.45, 7) is 5.00. The van der Waals surface area contributed by atoms with Crippen LogP contribution in [0.5, 0.6) is 0 Å². The zero-order valence-corrected chi connectivity index (χ0v) is 16.3. The van der Waals surface area contributed by atoms with Crippen LogP contribution in [0.25, 0.3) is 15.8 Å². The topological polar surface area (TPSA) is 88.1 Å². The Bertz CT molecular complexity index is 999. The van der Waals surface area contributed by atoms with E-state index in [-0.39, 0.29) is 17.6 Å². The average Bonchev–Trinajstić information content (AvgIpc) is 3.27. The molecule has 0 radical (unpaired) electrons. The highest BCUT2D eigenvalue weighted by molar-refractivity contribution is 7.25. The number of aliphatic hydroxyl groups is 1. The molecule has 5 nitrogen and oxygen atoms in total. The molecule has 0 fully saturated rings. The first-order chi connectivity index (χ1) is 12.3. The molecule has 0 saturated heterocycles. The number of nitriles is 2. The second-order valence-electron chi connectivity index (χ2n) is 6.60. The van der Waals surface area contributed by atoms with Gasteiger partial charge in [-0.3, -0.25) is 4.79 Å². The summed E-state index contributed by atoms with van der Waals surface area (Å²) in [6, 6.07) is 7.49. The van der Waals surface area contributed by atoms with Gasteiger partial charge in [0.15, 0.2) is 0 Å². The summed E-state index contributed by atoms with van der Waals surface area (Å²) in [5.74, 6) is -0.815. The fraction of sp³-hybridized carbons (Fsp3) is 0.316.